The Morgan fingerprint density at radius 2 is 0.768 bits per heavy atom. The maximum atomic E-state index is 2.43. The molecule has 2 nitrogen and oxygen atoms in total. The van der Waals surface area contributed by atoms with Crippen molar-refractivity contribution < 1.29 is 0 Å². The van der Waals surface area contributed by atoms with Crippen LogP contribution in [0.4, 0.5) is 17.1 Å². The Bertz CT molecular complexity index is 2930. The smallest absolute Gasteiger partial charge is 0.0561 e. The van der Waals surface area contributed by atoms with Crippen LogP contribution in [0.2, 0.25) is 0 Å². The molecule has 0 N–H and O–H groups in total. The first-order valence-corrected chi connectivity index (χ1v) is 19.2. The van der Waals surface area contributed by atoms with Gasteiger partial charge in [-0.1, -0.05) is 182 Å². The van der Waals surface area contributed by atoms with Gasteiger partial charge in [0.1, 0.15) is 0 Å². The van der Waals surface area contributed by atoms with Crippen LogP contribution >= 0.6 is 0 Å². The third kappa shape index (κ3) is 6.04. The Labute approximate surface area is 327 Å². The molecule has 0 saturated heterocycles. The summed E-state index contributed by atoms with van der Waals surface area (Å²) in [6.45, 7) is 0. The minimum absolute atomic E-state index is 1.08. The van der Waals surface area contributed by atoms with Gasteiger partial charge in [0.2, 0.25) is 0 Å². The molecule has 0 spiro atoms. The Hall–Kier alpha value is -7.42. The van der Waals surface area contributed by atoms with Crippen molar-refractivity contribution in [2.24, 2.45) is 0 Å². The van der Waals surface area contributed by atoms with Crippen LogP contribution in [0.5, 0.6) is 0 Å². The van der Waals surface area contributed by atoms with E-state index < -0.39 is 0 Å². The molecule has 0 aliphatic rings. The molecule has 2 heteroatoms. The van der Waals surface area contributed by atoms with E-state index in [-0.39, 0.29) is 0 Å². The molecule has 0 atom stereocenters. The Morgan fingerprint density at radius 3 is 1.45 bits per heavy atom. The van der Waals surface area contributed by atoms with Gasteiger partial charge in [0.05, 0.1) is 16.7 Å². The summed E-state index contributed by atoms with van der Waals surface area (Å²) in [7, 11) is 0. The Balaban J connectivity index is 1.21. The molecular formula is C54H38N2. The van der Waals surface area contributed by atoms with Crippen LogP contribution < -0.4 is 4.90 Å². The van der Waals surface area contributed by atoms with Crippen LogP contribution in [0, 0.1) is 0 Å². The molecule has 56 heavy (non-hydrogen) atoms. The van der Waals surface area contributed by atoms with Gasteiger partial charge in [-0.25, -0.2) is 0 Å². The van der Waals surface area contributed by atoms with E-state index in [0.717, 1.165) is 28.3 Å². The highest BCUT2D eigenvalue weighted by atomic mass is 15.1. The highest BCUT2D eigenvalue weighted by Gasteiger charge is 2.21. The van der Waals surface area contributed by atoms with E-state index in [0.29, 0.717) is 0 Å². The fraction of sp³-hybridized carbons (Fsp3) is 0. The van der Waals surface area contributed by atoms with E-state index in [1.54, 1.807) is 0 Å². The van der Waals surface area contributed by atoms with E-state index in [1.165, 1.54) is 60.8 Å². The summed E-state index contributed by atoms with van der Waals surface area (Å²) in [5.41, 5.74) is 16.3. The van der Waals surface area contributed by atoms with Gasteiger partial charge in [-0.05, 0) is 87.5 Å². The lowest BCUT2D eigenvalue weighted by atomic mass is 9.93. The molecule has 10 aromatic rings. The molecular weight excluding hydrogens is 677 g/mol. The second-order valence-corrected chi connectivity index (χ2v) is 14.1. The van der Waals surface area contributed by atoms with Gasteiger partial charge in [0.25, 0.3) is 0 Å². The molecule has 0 aliphatic heterocycles. The number of nitrogens with zero attached hydrogens (tertiary/aromatic N) is 2. The van der Waals surface area contributed by atoms with Crippen LogP contribution in [0.15, 0.2) is 231 Å². The van der Waals surface area contributed by atoms with Crippen LogP contribution in [-0.4, -0.2) is 4.57 Å². The van der Waals surface area contributed by atoms with E-state index in [9.17, 15) is 0 Å². The second kappa shape index (κ2) is 14.4. The van der Waals surface area contributed by atoms with Gasteiger partial charge >= 0.3 is 0 Å². The van der Waals surface area contributed by atoms with Crippen molar-refractivity contribution in [3.05, 3.63) is 231 Å². The fourth-order valence-corrected chi connectivity index (χ4v) is 8.16. The van der Waals surface area contributed by atoms with Gasteiger partial charge < -0.3 is 9.47 Å². The summed E-state index contributed by atoms with van der Waals surface area (Å²) in [6, 6.07) is 83.1. The zero-order valence-electron chi connectivity index (χ0n) is 30.8. The van der Waals surface area contributed by atoms with Crippen molar-refractivity contribution >= 4 is 38.9 Å². The van der Waals surface area contributed by atoms with Crippen molar-refractivity contribution in [3.63, 3.8) is 0 Å². The largest absolute Gasteiger partial charge is 0.310 e. The highest BCUT2D eigenvalue weighted by molar-refractivity contribution is 6.10. The molecule has 9 aromatic carbocycles. The van der Waals surface area contributed by atoms with Crippen LogP contribution in [0.3, 0.4) is 0 Å². The Morgan fingerprint density at radius 1 is 0.286 bits per heavy atom. The average Bonchev–Trinajstić information content (AvgIpc) is 3.61. The molecule has 1 aromatic heterocycles. The number of benzene rings is 9. The van der Waals surface area contributed by atoms with E-state index in [1.807, 2.05) is 0 Å². The van der Waals surface area contributed by atoms with E-state index in [2.05, 4.69) is 240 Å². The van der Waals surface area contributed by atoms with Gasteiger partial charge in [-0.3, -0.25) is 0 Å². The standard InChI is InChI=1S/C54H38N2/c1-5-17-39(18-6-1)40-29-31-44(32-30-40)56-53-28-16-14-26-49(53)50-36-34-46(38-54(50)56)55(52-27-15-13-25-48(52)42-21-9-3-10-22-42)45-33-35-47(41-19-7-2-8-20-41)51(37-45)43-23-11-4-12-24-43/h1-38H. The third-order valence-electron chi connectivity index (χ3n) is 10.8. The molecule has 0 saturated carbocycles. The molecule has 264 valence electrons. The predicted molar refractivity (Wildman–Crippen MR) is 237 cm³/mol. The van der Waals surface area contributed by atoms with Crippen LogP contribution in [0.25, 0.3) is 72.0 Å². The summed E-state index contributed by atoms with van der Waals surface area (Å²) in [5.74, 6) is 0. The quantitative estimate of drug-likeness (QED) is 0.152. The zero-order chi connectivity index (χ0) is 37.3. The normalized spacial score (nSPS) is 11.2. The van der Waals surface area contributed by atoms with E-state index >= 15 is 0 Å². The number of rotatable bonds is 8. The first-order valence-electron chi connectivity index (χ1n) is 19.2. The van der Waals surface area contributed by atoms with Gasteiger partial charge in [0, 0.05) is 33.4 Å². The highest BCUT2D eigenvalue weighted by Crippen LogP contribution is 2.45. The van der Waals surface area contributed by atoms with E-state index in [4.69, 9.17) is 0 Å². The second-order valence-electron chi connectivity index (χ2n) is 14.1. The van der Waals surface area contributed by atoms with Crippen molar-refractivity contribution in [1.29, 1.82) is 0 Å². The van der Waals surface area contributed by atoms with Crippen molar-refractivity contribution in [2.75, 3.05) is 4.90 Å². The van der Waals surface area contributed by atoms with Gasteiger partial charge in [0.15, 0.2) is 0 Å². The van der Waals surface area contributed by atoms with Gasteiger partial charge in [-0.2, -0.15) is 0 Å². The zero-order valence-corrected chi connectivity index (χ0v) is 30.8. The van der Waals surface area contributed by atoms with Crippen molar-refractivity contribution in [2.45, 2.75) is 0 Å². The lowest BCUT2D eigenvalue weighted by Crippen LogP contribution is -2.12. The SMILES string of the molecule is c1ccc(-c2ccc(-n3c4ccccc4c4ccc(N(c5ccc(-c6ccccc6)c(-c6ccccc6)c5)c5ccccc5-c5ccccc5)cc43)cc2)cc1. The van der Waals surface area contributed by atoms with Crippen molar-refractivity contribution in [1.82, 2.24) is 4.57 Å². The van der Waals surface area contributed by atoms with Crippen LogP contribution in [-0.2, 0) is 0 Å². The molecule has 1 heterocycles. The molecule has 10 rings (SSSR count). The first-order chi connectivity index (χ1) is 27.8. The minimum Gasteiger partial charge on any atom is -0.310 e. The number of para-hydroxylation sites is 2. The molecule has 0 bridgehead atoms. The molecule has 0 fully saturated rings. The molecule has 0 aliphatic carbocycles. The molecule has 0 radical (unpaired) electrons. The summed E-state index contributed by atoms with van der Waals surface area (Å²) < 4.78 is 2.41. The average molecular weight is 715 g/mol. The number of hydrogen-bond acceptors (Lipinski definition) is 1. The fourth-order valence-electron chi connectivity index (χ4n) is 8.16. The lowest BCUT2D eigenvalue weighted by Gasteiger charge is -2.29. The maximum absolute atomic E-state index is 2.43. The predicted octanol–water partition coefficient (Wildman–Crippen LogP) is 14.9. The third-order valence-corrected chi connectivity index (χ3v) is 10.8. The first kappa shape index (κ1) is 33.2. The number of aromatic nitrogens is 1. The summed E-state index contributed by atoms with van der Waals surface area (Å²) in [6.07, 6.45) is 0. The minimum atomic E-state index is 1.08. The lowest BCUT2D eigenvalue weighted by molar-refractivity contribution is 1.18. The number of fused-ring (bicyclic) bond motifs is 3. The topological polar surface area (TPSA) is 8.17 Å². The number of hydrogen-bond donors (Lipinski definition) is 0. The monoisotopic (exact) mass is 714 g/mol. The maximum Gasteiger partial charge on any atom is 0.0561 e. The summed E-state index contributed by atoms with van der Waals surface area (Å²) in [4.78, 5) is 2.43. The Kier molecular flexibility index (Phi) is 8.55. The van der Waals surface area contributed by atoms with Gasteiger partial charge in [-0.15, -0.1) is 0 Å². The summed E-state index contributed by atoms with van der Waals surface area (Å²) in [5, 5.41) is 2.45. The molecule has 0 amide bonds. The van der Waals surface area contributed by atoms with Crippen LogP contribution in [0.1, 0.15) is 0 Å². The van der Waals surface area contributed by atoms with Crippen molar-refractivity contribution in [3.8, 4) is 50.2 Å². The summed E-state index contributed by atoms with van der Waals surface area (Å²) >= 11 is 0. The number of anilines is 3. The molecule has 0 unspecified atom stereocenters.